The Kier molecular flexibility index (Phi) is 5.06. The largest absolute Gasteiger partial charge is 0.351 e. The maximum Gasteiger partial charge on any atom is 0.317 e. The van der Waals surface area contributed by atoms with Crippen LogP contribution in [-0.4, -0.2) is 41.5 Å². The van der Waals surface area contributed by atoms with Gasteiger partial charge in [-0.3, -0.25) is 4.79 Å². The number of amides is 3. The molecule has 1 aliphatic carbocycles. The molecule has 0 aromatic heterocycles. The van der Waals surface area contributed by atoms with Crippen LogP contribution in [0.15, 0.2) is 24.3 Å². The van der Waals surface area contributed by atoms with Crippen molar-refractivity contribution in [3.8, 4) is 0 Å². The highest BCUT2D eigenvalue weighted by Gasteiger charge is 2.41. The van der Waals surface area contributed by atoms with E-state index in [-0.39, 0.29) is 29.3 Å². The van der Waals surface area contributed by atoms with Crippen LogP contribution in [0.2, 0.25) is 0 Å². The lowest BCUT2D eigenvalue weighted by Crippen LogP contribution is -2.55. The van der Waals surface area contributed by atoms with Crippen LogP contribution >= 0.6 is 0 Å². The Balaban J connectivity index is 1.29. The maximum absolute atomic E-state index is 13.1. The molecule has 2 N–H and O–H groups in total. The lowest BCUT2D eigenvalue weighted by molar-refractivity contribution is -0.120. The summed E-state index contributed by atoms with van der Waals surface area (Å²) in [7, 11) is 0. The van der Waals surface area contributed by atoms with Gasteiger partial charge in [-0.1, -0.05) is 18.6 Å². The van der Waals surface area contributed by atoms with Crippen molar-refractivity contribution in [2.75, 3.05) is 13.1 Å². The number of carbonyl (C=O) groups is 2. The standard InChI is InChI=1S/C21H28FN3O2/c22-17-6-4-15(5-7-17)14-16-2-1-3-18(16)23-20(27)25-12-10-21(11-13-25)9-8-19(26)24-21/h4-7,16,18H,1-3,8-14H2,(H,23,27)(H,24,26)/t16-,18-/m0/s1. The van der Waals surface area contributed by atoms with E-state index in [0.717, 1.165) is 50.5 Å². The number of hydrogen-bond donors (Lipinski definition) is 2. The van der Waals surface area contributed by atoms with Crippen molar-refractivity contribution in [2.24, 2.45) is 5.92 Å². The zero-order valence-corrected chi connectivity index (χ0v) is 15.7. The molecule has 3 aliphatic rings. The van der Waals surface area contributed by atoms with Gasteiger partial charge in [0.1, 0.15) is 5.82 Å². The normalized spacial score (nSPS) is 27.0. The third-order valence-corrected chi connectivity index (χ3v) is 6.62. The Bertz CT molecular complexity index is 698. The second-order valence-electron chi connectivity index (χ2n) is 8.39. The molecule has 6 heteroatoms. The second-order valence-corrected chi connectivity index (χ2v) is 8.39. The minimum atomic E-state index is -0.212. The van der Waals surface area contributed by atoms with Crippen molar-refractivity contribution in [1.82, 2.24) is 15.5 Å². The highest BCUT2D eigenvalue weighted by atomic mass is 19.1. The molecule has 0 radical (unpaired) electrons. The SMILES string of the molecule is O=C1CCC2(CCN(C(=O)N[C@H]3CCC[C@H]3Cc3ccc(F)cc3)CC2)N1. The van der Waals surface area contributed by atoms with Crippen molar-refractivity contribution in [3.63, 3.8) is 0 Å². The average Bonchev–Trinajstić information content (AvgIpc) is 3.24. The summed E-state index contributed by atoms with van der Waals surface area (Å²) in [5.74, 6) is 0.337. The van der Waals surface area contributed by atoms with Crippen LogP contribution in [0.5, 0.6) is 0 Å². The van der Waals surface area contributed by atoms with Crippen molar-refractivity contribution >= 4 is 11.9 Å². The molecule has 2 saturated heterocycles. The van der Waals surface area contributed by atoms with Crippen LogP contribution in [0.4, 0.5) is 9.18 Å². The third-order valence-electron chi connectivity index (χ3n) is 6.62. The molecule has 1 spiro atoms. The smallest absolute Gasteiger partial charge is 0.317 e. The molecule has 4 rings (SSSR count). The Morgan fingerprint density at radius 3 is 2.59 bits per heavy atom. The first kappa shape index (κ1) is 18.3. The molecular weight excluding hydrogens is 345 g/mol. The maximum atomic E-state index is 13.1. The topological polar surface area (TPSA) is 61.4 Å². The molecule has 2 aliphatic heterocycles. The summed E-state index contributed by atoms with van der Waals surface area (Å²) >= 11 is 0. The fourth-order valence-corrected chi connectivity index (χ4v) is 4.93. The van der Waals surface area contributed by atoms with Gasteiger partial charge in [0.2, 0.25) is 5.91 Å². The number of urea groups is 1. The van der Waals surface area contributed by atoms with E-state index < -0.39 is 0 Å². The first-order valence-corrected chi connectivity index (χ1v) is 10.1. The summed E-state index contributed by atoms with van der Waals surface area (Å²) in [6, 6.07) is 6.89. The van der Waals surface area contributed by atoms with Gasteiger partial charge in [-0.15, -0.1) is 0 Å². The molecule has 1 saturated carbocycles. The number of piperidine rings is 1. The fourth-order valence-electron chi connectivity index (χ4n) is 4.93. The lowest BCUT2D eigenvalue weighted by atomic mass is 9.86. The number of halogens is 1. The number of nitrogens with one attached hydrogen (secondary N) is 2. The van der Waals surface area contributed by atoms with Crippen molar-refractivity contribution < 1.29 is 14.0 Å². The molecule has 3 amide bonds. The number of carbonyl (C=O) groups excluding carboxylic acids is 2. The van der Waals surface area contributed by atoms with Gasteiger partial charge in [-0.2, -0.15) is 0 Å². The van der Waals surface area contributed by atoms with Gasteiger partial charge in [-0.25, -0.2) is 9.18 Å². The van der Waals surface area contributed by atoms with Gasteiger partial charge >= 0.3 is 6.03 Å². The van der Waals surface area contributed by atoms with E-state index in [0.29, 0.717) is 25.4 Å². The van der Waals surface area contributed by atoms with Gasteiger partial charge in [-0.05, 0) is 62.1 Å². The number of rotatable bonds is 3. The summed E-state index contributed by atoms with van der Waals surface area (Å²) in [6.45, 7) is 1.39. The van der Waals surface area contributed by atoms with E-state index in [1.54, 1.807) is 0 Å². The van der Waals surface area contributed by atoms with Crippen molar-refractivity contribution in [3.05, 3.63) is 35.6 Å². The molecule has 0 bridgehead atoms. The van der Waals surface area contributed by atoms with E-state index >= 15 is 0 Å². The van der Waals surface area contributed by atoms with Gasteiger partial charge in [0.25, 0.3) is 0 Å². The van der Waals surface area contributed by atoms with E-state index in [1.807, 2.05) is 17.0 Å². The fraction of sp³-hybridized carbons (Fsp3) is 0.619. The summed E-state index contributed by atoms with van der Waals surface area (Å²) in [5.41, 5.74) is 1.05. The molecule has 146 valence electrons. The van der Waals surface area contributed by atoms with Crippen molar-refractivity contribution in [2.45, 2.75) is 62.9 Å². The first-order chi connectivity index (χ1) is 13.0. The molecule has 2 atom stereocenters. The summed E-state index contributed by atoms with van der Waals surface area (Å²) < 4.78 is 13.1. The van der Waals surface area contributed by atoms with E-state index in [1.165, 1.54) is 12.1 Å². The lowest BCUT2D eigenvalue weighted by Gasteiger charge is -2.39. The van der Waals surface area contributed by atoms with E-state index in [4.69, 9.17) is 0 Å². The van der Waals surface area contributed by atoms with E-state index in [9.17, 15) is 14.0 Å². The Labute approximate surface area is 159 Å². The quantitative estimate of drug-likeness (QED) is 0.856. The van der Waals surface area contributed by atoms with Crippen LogP contribution in [0.1, 0.15) is 50.5 Å². The Morgan fingerprint density at radius 1 is 1.19 bits per heavy atom. The predicted octanol–water partition coefficient (Wildman–Crippen LogP) is 2.99. The molecule has 2 heterocycles. The minimum absolute atomic E-state index is 0.0187. The molecule has 27 heavy (non-hydrogen) atoms. The van der Waals surface area contributed by atoms with Crippen LogP contribution in [0.25, 0.3) is 0 Å². The average molecular weight is 373 g/mol. The number of nitrogens with zero attached hydrogens (tertiary/aromatic N) is 1. The summed E-state index contributed by atoms with van der Waals surface area (Å²) in [4.78, 5) is 26.2. The van der Waals surface area contributed by atoms with Gasteiger partial charge < -0.3 is 15.5 Å². The van der Waals surface area contributed by atoms with Crippen molar-refractivity contribution in [1.29, 1.82) is 0 Å². The Hall–Kier alpha value is -2.11. The van der Waals surface area contributed by atoms with Crippen LogP contribution in [0.3, 0.4) is 0 Å². The zero-order valence-electron chi connectivity index (χ0n) is 15.7. The molecule has 1 aromatic rings. The highest BCUT2D eigenvalue weighted by Crippen LogP contribution is 2.32. The molecule has 0 unspecified atom stereocenters. The monoisotopic (exact) mass is 373 g/mol. The van der Waals surface area contributed by atoms with Gasteiger partial charge in [0, 0.05) is 31.1 Å². The minimum Gasteiger partial charge on any atom is -0.351 e. The van der Waals surface area contributed by atoms with Crippen LogP contribution in [0, 0.1) is 11.7 Å². The highest BCUT2D eigenvalue weighted by molar-refractivity contribution is 5.79. The summed E-state index contributed by atoms with van der Waals surface area (Å²) in [6.07, 6.45) is 7.28. The number of likely N-dealkylation sites (tertiary alicyclic amines) is 1. The Morgan fingerprint density at radius 2 is 1.93 bits per heavy atom. The zero-order chi connectivity index (χ0) is 18.9. The summed E-state index contributed by atoms with van der Waals surface area (Å²) in [5, 5.41) is 6.36. The number of benzene rings is 1. The van der Waals surface area contributed by atoms with Crippen LogP contribution < -0.4 is 10.6 Å². The van der Waals surface area contributed by atoms with Gasteiger partial charge in [0.05, 0.1) is 0 Å². The van der Waals surface area contributed by atoms with Gasteiger partial charge in [0.15, 0.2) is 0 Å². The predicted molar refractivity (Wildman–Crippen MR) is 101 cm³/mol. The number of hydrogen-bond acceptors (Lipinski definition) is 2. The third kappa shape index (κ3) is 4.09. The first-order valence-electron chi connectivity index (χ1n) is 10.1. The molecule has 3 fully saturated rings. The molecule has 5 nitrogen and oxygen atoms in total. The van der Waals surface area contributed by atoms with Crippen LogP contribution in [-0.2, 0) is 11.2 Å². The molecular formula is C21H28FN3O2. The molecule has 1 aromatic carbocycles. The van der Waals surface area contributed by atoms with E-state index in [2.05, 4.69) is 10.6 Å². The second kappa shape index (κ2) is 7.49.